The van der Waals surface area contributed by atoms with Gasteiger partial charge in [0.1, 0.15) is 6.61 Å². The summed E-state index contributed by atoms with van der Waals surface area (Å²) in [5.74, 6) is 0.732. The Balaban J connectivity index is 2.81. The molecule has 72 valence electrons. The fourth-order valence-corrected chi connectivity index (χ4v) is 0.946. The van der Waals surface area contributed by atoms with Crippen molar-refractivity contribution in [1.29, 1.82) is 0 Å². The molecule has 0 N–H and O–H groups in total. The van der Waals surface area contributed by atoms with Crippen LogP contribution in [0.1, 0.15) is 32.2 Å². The molecule has 1 rings (SSSR count). The Morgan fingerprint density at radius 1 is 1.23 bits per heavy atom. The zero-order valence-electron chi connectivity index (χ0n) is 8.66. The maximum Gasteiger partial charge on any atom is 0.153 e. The minimum atomic E-state index is 0.117. The lowest BCUT2D eigenvalue weighted by Gasteiger charge is -2.17. The second-order valence-electron chi connectivity index (χ2n) is 4.07. The van der Waals surface area contributed by atoms with Gasteiger partial charge in [-0.2, -0.15) is 0 Å². The first-order valence-corrected chi connectivity index (χ1v) is 4.34. The van der Waals surface area contributed by atoms with Gasteiger partial charge in [-0.25, -0.2) is 9.97 Å². The van der Waals surface area contributed by atoms with E-state index in [0.717, 1.165) is 11.4 Å². The molecule has 0 unspecified atom stereocenters. The van der Waals surface area contributed by atoms with Gasteiger partial charge in [0.05, 0.1) is 0 Å². The Morgan fingerprint density at radius 3 is 2.15 bits per heavy atom. The molecule has 0 aliphatic carbocycles. The molecule has 0 spiro atoms. The SMILES string of the molecule is COCc1ncc(C(C)(C)C)cn1. The lowest BCUT2D eigenvalue weighted by atomic mass is 9.89. The van der Waals surface area contributed by atoms with Crippen LogP contribution in [0.15, 0.2) is 12.4 Å². The summed E-state index contributed by atoms with van der Waals surface area (Å²) in [4.78, 5) is 8.40. The lowest BCUT2D eigenvalue weighted by Crippen LogP contribution is -2.12. The van der Waals surface area contributed by atoms with Crippen molar-refractivity contribution in [2.24, 2.45) is 0 Å². The van der Waals surface area contributed by atoms with Gasteiger partial charge in [0.2, 0.25) is 0 Å². The molecule has 0 saturated carbocycles. The highest BCUT2D eigenvalue weighted by Crippen LogP contribution is 2.19. The first-order chi connectivity index (χ1) is 6.04. The monoisotopic (exact) mass is 180 g/mol. The average molecular weight is 180 g/mol. The summed E-state index contributed by atoms with van der Waals surface area (Å²) in [7, 11) is 1.64. The fraction of sp³-hybridized carbons (Fsp3) is 0.600. The molecule has 0 atom stereocenters. The van der Waals surface area contributed by atoms with E-state index in [0.29, 0.717) is 6.61 Å². The second-order valence-corrected chi connectivity index (χ2v) is 4.07. The van der Waals surface area contributed by atoms with Crippen LogP contribution in [0.4, 0.5) is 0 Å². The van der Waals surface area contributed by atoms with Crippen molar-refractivity contribution >= 4 is 0 Å². The quantitative estimate of drug-likeness (QED) is 0.697. The van der Waals surface area contributed by atoms with E-state index in [9.17, 15) is 0 Å². The van der Waals surface area contributed by atoms with Crippen molar-refractivity contribution in [1.82, 2.24) is 9.97 Å². The summed E-state index contributed by atoms with van der Waals surface area (Å²) in [5, 5.41) is 0. The van der Waals surface area contributed by atoms with E-state index < -0.39 is 0 Å². The van der Waals surface area contributed by atoms with E-state index in [4.69, 9.17) is 4.74 Å². The largest absolute Gasteiger partial charge is 0.377 e. The smallest absolute Gasteiger partial charge is 0.153 e. The number of aromatic nitrogens is 2. The summed E-state index contributed by atoms with van der Waals surface area (Å²) >= 11 is 0. The Kier molecular flexibility index (Phi) is 2.98. The summed E-state index contributed by atoms with van der Waals surface area (Å²) in [6.45, 7) is 6.90. The van der Waals surface area contributed by atoms with Gasteiger partial charge in [-0.1, -0.05) is 20.8 Å². The van der Waals surface area contributed by atoms with E-state index in [2.05, 4.69) is 30.7 Å². The van der Waals surface area contributed by atoms with Crippen molar-refractivity contribution in [2.45, 2.75) is 32.8 Å². The molecule has 0 amide bonds. The highest BCUT2D eigenvalue weighted by atomic mass is 16.5. The molecule has 0 aliphatic heterocycles. The third-order valence-corrected chi connectivity index (χ3v) is 1.84. The van der Waals surface area contributed by atoms with Crippen LogP contribution >= 0.6 is 0 Å². The summed E-state index contributed by atoms with van der Waals surface area (Å²) in [6.07, 6.45) is 3.72. The number of nitrogens with zero attached hydrogens (tertiary/aromatic N) is 2. The zero-order valence-corrected chi connectivity index (χ0v) is 8.66. The number of rotatable bonds is 2. The molecule has 1 heterocycles. The lowest BCUT2D eigenvalue weighted by molar-refractivity contribution is 0.177. The van der Waals surface area contributed by atoms with Crippen molar-refractivity contribution in [2.75, 3.05) is 7.11 Å². The van der Waals surface area contributed by atoms with Gasteiger partial charge in [-0.15, -0.1) is 0 Å². The topological polar surface area (TPSA) is 35.0 Å². The molecule has 1 aromatic heterocycles. The third kappa shape index (κ3) is 2.77. The Hall–Kier alpha value is -0.960. The predicted molar refractivity (Wildman–Crippen MR) is 51.4 cm³/mol. The molecule has 0 saturated heterocycles. The number of hydrogen-bond acceptors (Lipinski definition) is 3. The summed E-state index contributed by atoms with van der Waals surface area (Å²) in [6, 6.07) is 0. The van der Waals surface area contributed by atoms with E-state index in [-0.39, 0.29) is 5.41 Å². The zero-order chi connectivity index (χ0) is 9.90. The molecule has 13 heavy (non-hydrogen) atoms. The molecule has 0 bridgehead atoms. The second kappa shape index (κ2) is 3.83. The highest BCUT2D eigenvalue weighted by molar-refractivity contribution is 5.15. The van der Waals surface area contributed by atoms with Crippen molar-refractivity contribution < 1.29 is 4.74 Å². The molecule has 0 aromatic carbocycles. The number of hydrogen-bond donors (Lipinski definition) is 0. The molecule has 1 aromatic rings. The van der Waals surface area contributed by atoms with Crippen molar-refractivity contribution in [3.8, 4) is 0 Å². The first-order valence-electron chi connectivity index (χ1n) is 4.34. The fourth-order valence-electron chi connectivity index (χ4n) is 0.946. The molecule has 0 aliphatic rings. The normalized spacial score (nSPS) is 11.7. The van der Waals surface area contributed by atoms with Gasteiger partial charge in [0.15, 0.2) is 5.82 Å². The maximum absolute atomic E-state index is 4.93. The Labute approximate surface area is 79.2 Å². The van der Waals surface area contributed by atoms with Crippen molar-refractivity contribution in [3.63, 3.8) is 0 Å². The van der Waals surface area contributed by atoms with Crippen LogP contribution in [-0.4, -0.2) is 17.1 Å². The van der Waals surface area contributed by atoms with Gasteiger partial charge in [0.25, 0.3) is 0 Å². The maximum atomic E-state index is 4.93. The van der Waals surface area contributed by atoms with Gasteiger partial charge >= 0.3 is 0 Å². The van der Waals surface area contributed by atoms with E-state index in [1.807, 2.05) is 12.4 Å². The van der Waals surface area contributed by atoms with Gasteiger partial charge < -0.3 is 4.74 Å². The summed E-state index contributed by atoms with van der Waals surface area (Å²) < 4.78 is 4.93. The summed E-state index contributed by atoms with van der Waals surface area (Å²) in [5.41, 5.74) is 1.26. The van der Waals surface area contributed by atoms with Crippen LogP contribution in [0.25, 0.3) is 0 Å². The molecule has 0 fully saturated rings. The standard InChI is InChI=1S/C10H16N2O/c1-10(2,3)8-5-11-9(7-13-4)12-6-8/h5-6H,7H2,1-4H3. The third-order valence-electron chi connectivity index (χ3n) is 1.84. The van der Waals surface area contributed by atoms with E-state index in [1.165, 1.54) is 0 Å². The number of ether oxygens (including phenoxy) is 1. The van der Waals surface area contributed by atoms with Crippen LogP contribution in [0.3, 0.4) is 0 Å². The average Bonchev–Trinajstić information content (AvgIpc) is 2.04. The molecule has 3 heteroatoms. The van der Waals surface area contributed by atoms with Gasteiger partial charge in [-0.05, 0) is 11.0 Å². The van der Waals surface area contributed by atoms with Crippen LogP contribution in [-0.2, 0) is 16.8 Å². The van der Waals surface area contributed by atoms with Crippen LogP contribution in [0, 0.1) is 0 Å². The van der Waals surface area contributed by atoms with E-state index in [1.54, 1.807) is 7.11 Å². The minimum absolute atomic E-state index is 0.117. The molecule has 3 nitrogen and oxygen atoms in total. The molecular weight excluding hydrogens is 164 g/mol. The predicted octanol–water partition coefficient (Wildman–Crippen LogP) is 1.92. The minimum Gasteiger partial charge on any atom is -0.377 e. The Morgan fingerprint density at radius 2 is 1.77 bits per heavy atom. The van der Waals surface area contributed by atoms with Crippen LogP contribution < -0.4 is 0 Å². The van der Waals surface area contributed by atoms with Gasteiger partial charge in [0, 0.05) is 19.5 Å². The Bertz CT molecular complexity index is 261. The number of methoxy groups -OCH3 is 1. The van der Waals surface area contributed by atoms with Crippen LogP contribution in [0.2, 0.25) is 0 Å². The highest BCUT2D eigenvalue weighted by Gasteiger charge is 2.14. The van der Waals surface area contributed by atoms with Gasteiger partial charge in [-0.3, -0.25) is 0 Å². The molecular formula is C10H16N2O. The van der Waals surface area contributed by atoms with Crippen molar-refractivity contribution in [3.05, 3.63) is 23.8 Å². The van der Waals surface area contributed by atoms with Crippen LogP contribution in [0.5, 0.6) is 0 Å². The van der Waals surface area contributed by atoms with E-state index >= 15 is 0 Å². The molecule has 0 radical (unpaired) electrons. The first kappa shape index (κ1) is 10.1.